The van der Waals surface area contributed by atoms with E-state index >= 15 is 0 Å². The zero-order valence-electron chi connectivity index (χ0n) is 18.0. The van der Waals surface area contributed by atoms with E-state index in [0.717, 1.165) is 36.4 Å². The molecule has 1 aromatic carbocycles. The van der Waals surface area contributed by atoms with Gasteiger partial charge in [-0.2, -0.15) is 0 Å². The number of halogens is 1. The van der Waals surface area contributed by atoms with E-state index in [0.29, 0.717) is 19.0 Å². The van der Waals surface area contributed by atoms with Crippen molar-refractivity contribution in [3.05, 3.63) is 30.1 Å². The lowest BCUT2D eigenvalue weighted by Gasteiger charge is -2.19. The second kappa shape index (κ2) is 11.1. The maximum absolute atomic E-state index is 12.2. The summed E-state index contributed by atoms with van der Waals surface area (Å²) in [5, 5.41) is 6.29. The Balaban J connectivity index is 0.00000420. The first kappa shape index (κ1) is 25.7. The van der Waals surface area contributed by atoms with E-state index in [-0.39, 0.29) is 29.7 Å². The Morgan fingerprint density at radius 3 is 2.55 bits per heavy atom. The summed E-state index contributed by atoms with van der Waals surface area (Å²) in [4.78, 5) is 9.16. The smallest absolute Gasteiger partial charge is 0.191 e. The highest BCUT2D eigenvalue weighted by Crippen LogP contribution is 2.16. The van der Waals surface area contributed by atoms with Gasteiger partial charge in [0.1, 0.15) is 5.82 Å². The molecule has 0 aliphatic rings. The average molecular weight is 535 g/mol. The Kier molecular flexibility index (Phi) is 9.87. The van der Waals surface area contributed by atoms with Gasteiger partial charge in [-0.15, -0.1) is 24.0 Å². The number of guanidine groups is 1. The van der Waals surface area contributed by atoms with Crippen LogP contribution in [0.1, 0.15) is 39.9 Å². The predicted molar refractivity (Wildman–Crippen MR) is 132 cm³/mol. The Hall–Kier alpha value is -1.36. The summed E-state index contributed by atoms with van der Waals surface area (Å²) in [7, 11) is -3.14. The molecule has 1 heterocycles. The lowest BCUT2D eigenvalue weighted by molar-refractivity contribution is 0.559. The fraction of sp³-hybridized carbons (Fsp3) is 0.600. The van der Waals surface area contributed by atoms with Crippen LogP contribution in [0.5, 0.6) is 0 Å². The average Bonchev–Trinajstić information content (AvgIpc) is 2.93. The summed E-state index contributed by atoms with van der Waals surface area (Å²) >= 11 is 0. The molecule has 0 spiro atoms. The number of aryl methyl sites for hydroxylation is 2. The zero-order chi connectivity index (χ0) is 20.8. The van der Waals surface area contributed by atoms with Crippen molar-refractivity contribution in [1.29, 1.82) is 0 Å². The van der Waals surface area contributed by atoms with Crippen LogP contribution in [0, 0.1) is 6.92 Å². The number of nitrogens with zero attached hydrogens (tertiary/aromatic N) is 3. The number of para-hydroxylation sites is 2. The molecule has 0 aliphatic heterocycles. The lowest BCUT2D eigenvalue weighted by Crippen LogP contribution is -2.41. The fourth-order valence-electron chi connectivity index (χ4n) is 2.85. The first-order chi connectivity index (χ1) is 13.2. The van der Waals surface area contributed by atoms with Gasteiger partial charge < -0.3 is 15.2 Å². The van der Waals surface area contributed by atoms with Crippen molar-refractivity contribution in [2.45, 2.75) is 52.3 Å². The van der Waals surface area contributed by atoms with E-state index in [1.165, 1.54) is 0 Å². The molecular formula is C20H34IN5O2S. The van der Waals surface area contributed by atoms with Gasteiger partial charge in [-0.3, -0.25) is 4.99 Å². The number of fused-ring (bicyclic) bond motifs is 1. The first-order valence-corrected chi connectivity index (χ1v) is 11.5. The molecule has 164 valence electrons. The largest absolute Gasteiger partial charge is 0.357 e. The normalized spacial score (nSPS) is 12.7. The van der Waals surface area contributed by atoms with Crippen molar-refractivity contribution in [1.82, 2.24) is 20.2 Å². The van der Waals surface area contributed by atoms with Gasteiger partial charge in [0.2, 0.25) is 0 Å². The van der Waals surface area contributed by atoms with Crippen molar-refractivity contribution < 1.29 is 8.42 Å². The number of rotatable bonds is 8. The SMILES string of the molecule is CCNC(=NCCCn1c(C)nc2ccccc21)NCCS(=O)(=O)C(C)(C)C.I. The third kappa shape index (κ3) is 7.13. The van der Waals surface area contributed by atoms with E-state index in [4.69, 9.17) is 0 Å². The van der Waals surface area contributed by atoms with Crippen LogP contribution in [0.15, 0.2) is 29.3 Å². The number of aliphatic imine (C=N–C) groups is 1. The van der Waals surface area contributed by atoms with Crippen molar-refractivity contribution in [2.24, 2.45) is 4.99 Å². The van der Waals surface area contributed by atoms with Crippen molar-refractivity contribution in [3.8, 4) is 0 Å². The molecule has 2 aromatic rings. The molecule has 0 aliphatic carbocycles. The lowest BCUT2D eigenvalue weighted by atomic mass is 10.3. The summed E-state index contributed by atoms with van der Waals surface area (Å²) in [5.74, 6) is 1.74. The van der Waals surface area contributed by atoms with E-state index < -0.39 is 14.6 Å². The summed E-state index contributed by atoms with van der Waals surface area (Å²) in [6.45, 7) is 11.7. The highest BCUT2D eigenvalue weighted by atomic mass is 127. The monoisotopic (exact) mass is 535 g/mol. The fourth-order valence-corrected chi connectivity index (χ4v) is 3.83. The Bertz CT molecular complexity index is 917. The van der Waals surface area contributed by atoms with E-state index in [1.54, 1.807) is 20.8 Å². The Morgan fingerprint density at radius 1 is 1.21 bits per heavy atom. The molecule has 0 saturated heterocycles. The summed E-state index contributed by atoms with van der Waals surface area (Å²) in [5.41, 5.74) is 2.15. The van der Waals surface area contributed by atoms with Crippen LogP contribution in [0.3, 0.4) is 0 Å². The zero-order valence-corrected chi connectivity index (χ0v) is 21.2. The Labute approximate surface area is 191 Å². The highest BCUT2D eigenvalue weighted by molar-refractivity contribution is 14.0. The number of hydrogen-bond acceptors (Lipinski definition) is 4. The van der Waals surface area contributed by atoms with Crippen molar-refractivity contribution in [2.75, 3.05) is 25.4 Å². The van der Waals surface area contributed by atoms with Gasteiger partial charge in [-0.25, -0.2) is 13.4 Å². The van der Waals surface area contributed by atoms with Gasteiger partial charge in [0.05, 0.1) is 21.5 Å². The maximum atomic E-state index is 12.2. The van der Waals surface area contributed by atoms with Crippen LogP contribution in [0.25, 0.3) is 11.0 Å². The number of imidazole rings is 1. The highest BCUT2D eigenvalue weighted by Gasteiger charge is 2.28. The number of sulfone groups is 1. The topological polar surface area (TPSA) is 88.4 Å². The third-order valence-electron chi connectivity index (χ3n) is 4.60. The molecule has 2 rings (SSSR count). The molecule has 7 nitrogen and oxygen atoms in total. The van der Waals surface area contributed by atoms with Gasteiger partial charge >= 0.3 is 0 Å². The maximum Gasteiger partial charge on any atom is 0.191 e. The second-order valence-corrected chi connectivity index (χ2v) is 10.6. The summed E-state index contributed by atoms with van der Waals surface area (Å²) < 4.78 is 25.9. The number of benzene rings is 1. The predicted octanol–water partition coefficient (Wildman–Crippen LogP) is 3.12. The van der Waals surface area contributed by atoms with Gasteiger partial charge in [0.15, 0.2) is 15.8 Å². The van der Waals surface area contributed by atoms with Crippen LogP contribution in [-0.2, 0) is 16.4 Å². The molecule has 0 atom stereocenters. The standard InChI is InChI=1S/C20H33N5O2S.HI/c1-6-21-19(23-13-15-28(26,27)20(3,4)5)22-12-9-14-25-16(2)24-17-10-7-8-11-18(17)25;/h7-8,10-11H,6,9,12-15H2,1-5H3,(H2,21,22,23);1H. The molecule has 29 heavy (non-hydrogen) atoms. The molecule has 0 amide bonds. The van der Waals surface area contributed by atoms with E-state index in [2.05, 4.69) is 31.2 Å². The van der Waals surface area contributed by atoms with Crippen molar-refractivity contribution >= 4 is 50.8 Å². The van der Waals surface area contributed by atoms with Crippen molar-refractivity contribution in [3.63, 3.8) is 0 Å². The van der Waals surface area contributed by atoms with Gasteiger partial charge in [-0.1, -0.05) is 12.1 Å². The molecule has 0 radical (unpaired) electrons. The van der Waals surface area contributed by atoms with Crippen LogP contribution < -0.4 is 10.6 Å². The van der Waals surface area contributed by atoms with E-state index in [1.807, 2.05) is 32.0 Å². The minimum Gasteiger partial charge on any atom is -0.357 e. The Morgan fingerprint density at radius 2 is 1.90 bits per heavy atom. The molecule has 0 saturated carbocycles. The second-order valence-electron chi connectivity index (χ2n) is 7.77. The molecule has 9 heteroatoms. The molecule has 0 bridgehead atoms. The minimum atomic E-state index is -3.14. The number of nitrogens with one attached hydrogen (secondary N) is 2. The minimum absolute atomic E-state index is 0. The van der Waals surface area contributed by atoms with Gasteiger partial charge in [-0.05, 0) is 53.2 Å². The molecule has 2 N–H and O–H groups in total. The first-order valence-electron chi connectivity index (χ1n) is 9.82. The van der Waals surface area contributed by atoms with Crippen LogP contribution in [-0.4, -0.2) is 54.1 Å². The molecular weight excluding hydrogens is 501 g/mol. The quantitative estimate of drug-likeness (QED) is 0.235. The van der Waals surface area contributed by atoms with Crippen LogP contribution in [0.2, 0.25) is 0 Å². The van der Waals surface area contributed by atoms with Gasteiger partial charge in [0.25, 0.3) is 0 Å². The summed E-state index contributed by atoms with van der Waals surface area (Å²) in [6.07, 6.45) is 0.873. The third-order valence-corrected chi connectivity index (χ3v) is 7.20. The number of hydrogen-bond donors (Lipinski definition) is 2. The van der Waals surface area contributed by atoms with Gasteiger partial charge in [0, 0.05) is 26.2 Å². The molecule has 0 fully saturated rings. The van der Waals surface area contributed by atoms with E-state index in [9.17, 15) is 8.42 Å². The van der Waals surface area contributed by atoms with Crippen LogP contribution >= 0.6 is 24.0 Å². The summed E-state index contributed by atoms with van der Waals surface area (Å²) in [6, 6.07) is 8.13. The molecule has 0 unspecified atom stereocenters. The number of aromatic nitrogens is 2. The molecule has 1 aromatic heterocycles. The van der Waals surface area contributed by atoms with Crippen LogP contribution in [0.4, 0.5) is 0 Å².